The van der Waals surface area contributed by atoms with Crippen molar-refractivity contribution in [3.05, 3.63) is 12.3 Å². The number of hydrogen-bond acceptors (Lipinski definition) is 4. The maximum absolute atomic E-state index is 10.6. The fourth-order valence-electron chi connectivity index (χ4n) is 1.54. The molecule has 5 heteroatoms. The number of carboxylic acids is 1. The molecule has 1 atom stereocenters. The lowest BCUT2D eigenvalue weighted by Crippen LogP contribution is -2.22. The summed E-state index contributed by atoms with van der Waals surface area (Å²) >= 11 is 0. The smallest absolute Gasteiger partial charge is 0.308 e. The largest absolute Gasteiger partial charge is 0.481 e. The van der Waals surface area contributed by atoms with Gasteiger partial charge in [-0.15, -0.1) is 0 Å². The Bertz CT molecular complexity index is 296. The van der Waals surface area contributed by atoms with Crippen LogP contribution < -0.4 is 4.90 Å². The van der Waals surface area contributed by atoms with E-state index in [1.54, 1.807) is 6.07 Å². The molecule has 5 nitrogen and oxygen atoms in total. The van der Waals surface area contributed by atoms with Crippen LogP contribution >= 0.6 is 0 Å². The SMILES string of the molecule is O=C(O)[C@@H]1CCN(c2ccon2)C1. The van der Waals surface area contributed by atoms with Gasteiger partial charge in [0.1, 0.15) is 6.26 Å². The summed E-state index contributed by atoms with van der Waals surface area (Å²) in [5.74, 6) is -0.272. The van der Waals surface area contributed by atoms with Crippen molar-refractivity contribution >= 4 is 11.8 Å². The summed E-state index contributed by atoms with van der Waals surface area (Å²) in [5.41, 5.74) is 0. The van der Waals surface area contributed by atoms with E-state index < -0.39 is 5.97 Å². The van der Waals surface area contributed by atoms with Crippen LogP contribution in [0.4, 0.5) is 5.82 Å². The first-order valence-electron chi connectivity index (χ1n) is 4.15. The molecule has 70 valence electrons. The second-order valence-electron chi connectivity index (χ2n) is 3.13. The fourth-order valence-corrected chi connectivity index (χ4v) is 1.54. The van der Waals surface area contributed by atoms with E-state index in [2.05, 4.69) is 9.68 Å². The predicted molar refractivity (Wildman–Crippen MR) is 44.5 cm³/mol. The molecule has 0 unspecified atom stereocenters. The van der Waals surface area contributed by atoms with Gasteiger partial charge in [-0.25, -0.2) is 0 Å². The molecule has 1 fully saturated rings. The lowest BCUT2D eigenvalue weighted by molar-refractivity contribution is -0.140. The molecule has 0 bridgehead atoms. The molecule has 0 saturated carbocycles. The topological polar surface area (TPSA) is 66.6 Å². The normalized spacial score (nSPS) is 22.2. The zero-order valence-corrected chi connectivity index (χ0v) is 7.01. The predicted octanol–water partition coefficient (Wildman–Crippen LogP) is 0.585. The van der Waals surface area contributed by atoms with Gasteiger partial charge in [0.05, 0.1) is 5.92 Å². The highest BCUT2D eigenvalue weighted by molar-refractivity contribution is 5.71. The van der Waals surface area contributed by atoms with Crippen molar-refractivity contribution in [2.75, 3.05) is 18.0 Å². The second-order valence-corrected chi connectivity index (χ2v) is 3.13. The number of anilines is 1. The molecule has 1 aliphatic heterocycles. The Labute approximate surface area is 74.9 Å². The average Bonchev–Trinajstić information content (AvgIpc) is 2.75. The van der Waals surface area contributed by atoms with E-state index in [9.17, 15) is 4.79 Å². The molecule has 0 aliphatic carbocycles. The molecular weight excluding hydrogens is 172 g/mol. The highest BCUT2D eigenvalue weighted by Gasteiger charge is 2.28. The Morgan fingerprint density at radius 2 is 2.62 bits per heavy atom. The minimum Gasteiger partial charge on any atom is -0.481 e. The van der Waals surface area contributed by atoms with Crippen molar-refractivity contribution in [3.8, 4) is 0 Å². The van der Waals surface area contributed by atoms with Gasteiger partial charge in [-0.3, -0.25) is 4.79 Å². The molecule has 0 amide bonds. The lowest BCUT2D eigenvalue weighted by atomic mass is 10.1. The third-order valence-corrected chi connectivity index (χ3v) is 2.29. The summed E-state index contributed by atoms with van der Waals surface area (Å²) in [6, 6.07) is 1.74. The number of aliphatic carboxylic acids is 1. The minimum absolute atomic E-state index is 0.267. The molecule has 13 heavy (non-hydrogen) atoms. The third kappa shape index (κ3) is 1.49. The minimum atomic E-state index is -0.731. The van der Waals surface area contributed by atoms with E-state index in [-0.39, 0.29) is 5.92 Å². The van der Waals surface area contributed by atoms with Crippen LogP contribution in [0.1, 0.15) is 6.42 Å². The Morgan fingerprint density at radius 1 is 1.77 bits per heavy atom. The van der Waals surface area contributed by atoms with Crippen LogP contribution in [0.5, 0.6) is 0 Å². The van der Waals surface area contributed by atoms with Crippen LogP contribution in [0.25, 0.3) is 0 Å². The van der Waals surface area contributed by atoms with Gasteiger partial charge in [-0.2, -0.15) is 0 Å². The van der Waals surface area contributed by atoms with Crippen molar-refractivity contribution < 1.29 is 14.4 Å². The van der Waals surface area contributed by atoms with Crippen molar-refractivity contribution in [2.24, 2.45) is 5.92 Å². The van der Waals surface area contributed by atoms with Gasteiger partial charge in [0.15, 0.2) is 5.82 Å². The molecule has 0 aromatic carbocycles. The van der Waals surface area contributed by atoms with Gasteiger partial charge in [0.25, 0.3) is 0 Å². The highest BCUT2D eigenvalue weighted by Crippen LogP contribution is 2.21. The van der Waals surface area contributed by atoms with Crippen LogP contribution in [-0.4, -0.2) is 29.3 Å². The van der Waals surface area contributed by atoms with E-state index in [0.717, 1.165) is 12.4 Å². The monoisotopic (exact) mass is 182 g/mol. The van der Waals surface area contributed by atoms with Crippen LogP contribution in [-0.2, 0) is 4.79 Å². The Hall–Kier alpha value is -1.52. The first-order chi connectivity index (χ1) is 6.27. The van der Waals surface area contributed by atoms with E-state index in [0.29, 0.717) is 13.0 Å². The molecule has 2 rings (SSSR count). The molecular formula is C8H10N2O3. The Morgan fingerprint density at radius 3 is 3.15 bits per heavy atom. The second kappa shape index (κ2) is 3.08. The summed E-state index contributed by atoms with van der Waals surface area (Å²) in [6.45, 7) is 1.27. The van der Waals surface area contributed by atoms with Crippen LogP contribution in [0.3, 0.4) is 0 Å². The first kappa shape index (κ1) is 8.10. The molecule has 0 spiro atoms. The van der Waals surface area contributed by atoms with Gasteiger partial charge in [0, 0.05) is 19.2 Å². The molecule has 1 saturated heterocycles. The van der Waals surface area contributed by atoms with Crippen molar-refractivity contribution in [1.29, 1.82) is 0 Å². The van der Waals surface area contributed by atoms with Crippen molar-refractivity contribution in [2.45, 2.75) is 6.42 Å². The summed E-state index contributed by atoms with van der Waals surface area (Å²) in [4.78, 5) is 12.6. The van der Waals surface area contributed by atoms with Gasteiger partial charge in [-0.05, 0) is 6.42 Å². The molecule has 1 aliphatic rings. The lowest BCUT2D eigenvalue weighted by Gasteiger charge is -2.12. The summed E-state index contributed by atoms with van der Waals surface area (Å²) in [6.07, 6.45) is 2.17. The van der Waals surface area contributed by atoms with Crippen LogP contribution in [0.2, 0.25) is 0 Å². The zero-order valence-electron chi connectivity index (χ0n) is 7.01. The molecule has 1 aromatic rings. The molecule has 2 heterocycles. The standard InChI is InChI=1S/C8H10N2O3/c11-8(12)6-1-3-10(5-6)7-2-4-13-9-7/h2,4,6H,1,3,5H2,(H,11,12)/t6-/m1/s1. The van der Waals surface area contributed by atoms with E-state index in [1.165, 1.54) is 6.26 Å². The Balaban J connectivity index is 2.03. The maximum Gasteiger partial charge on any atom is 0.308 e. The quantitative estimate of drug-likeness (QED) is 0.724. The Kier molecular flexibility index (Phi) is 1.92. The number of hydrogen-bond donors (Lipinski definition) is 1. The third-order valence-electron chi connectivity index (χ3n) is 2.29. The van der Waals surface area contributed by atoms with Gasteiger partial charge in [-0.1, -0.05) is 5.16 Å². The van der Waals surface area contributed by atoms with Gasteiger partial charge >= 0.3 is 5.97 Å². The van der Waals surface area contributed by atoms with E-state index in [1.807, 2.05) is 4.90 Å². The maximum atomic E-state index is 10.6. The van der Waals surface area contributed by atoms with Crippen molar-refractivity contribution in [1.82, 2.24) is 5.16 Å². The summed E-state index contributed by atoms with van der Waals surface area (Å²) in [5, 5.41) is 12.5. The molecule has 1 N–H and O–H groups in total. The highest BCUT2D eigenvalue weighted by atomic mass is 16.5. The fraction of sp³-hybridized carbons (Fsp3) is 0.500. The summed E-state index contributed by atoms with van der Waals surface area (Å²) < 4.78 is 4.68. The van der Waals surface area contributed by atoms with E-state index >= 15 is 0 Å². The van der Waals surface area contributed by atoms with Gasteiger partial charge < -0.3 is 14.5 Å². The average molecular weight is 182 g/mol. The molecule has 1 aromatic heterocycles. The van der Waals surface area contributed by atoms with Crippen molar-refractivity contribution in [3.63, 3.8) is 0 Å². The first-order valence-corrected chi connectivity index (χ1v) is 4.15. The summed E-state index contributed by atoms with van der Waals surface area (Å²) in [7, 11) is 0. The number of carbonyl (C=O) groups is 1. The van der Waals surface area contributed by atoms with Gasteiger partial charge in [0.2, 0.25) is 0 Å². The van der Waals surface area contributed by atoms with Crippen LogP contribution in [0, 0.1) is 5.92 Å². The number of nitrogens with zero attached hydrogens (tertiary/aromatic N) is 2. The zero-order chi connectivity index (χ0) is 9.26. The number of rotatable bonds is 2. The number of aromatic nitrogens is 1. The number of carboxylic acid groups (broad SMARTS) is 1. The van der Waals surface area contributed by atoms with Crippen LogP contribution in [0.15, 0.2) is 16.9 Å². The van der Waals surface area contributed by atoms with E-state index in [4.69, 9.17) is 5.11 Å². The molecule has 0 radical (unpaired) electrons.